The lowest BCUT2D eigenvalue weighted by Gasteiger charge is -2.19. The maximum atomic E-state index is 11.4. The molecule has 0 aliphatic heterocycles. The first-order chi connectivity index (χ1) is 10.7. The molecule has 0 radical (unpaired) electrons. The summed E-state index contributed by atoms with van der Waals surface area (Å²) in [7, 11) is 1.81. The second-order valence-corrected chi connectivity index (χ2v) is 5.00. The van der Waals surface area contributed by atoms with Crippen LogP contribution in [0.1, 0.15) is 45.0 Å². The number of carboxylic acids is 1. The van der Waals surface area contributed by atoms with Crippen molar-refractivity contribution in [1.82, 2.24) is 5.32 Å². The van der Waals surface area contributed by atoms with Gasteiger partial charge in [-0.1, -0.05) is 20.4 Å². The Kier molecular flexibility index (Phi) is 12.0. The van der Waals surface area contributed by atoms with Gasteiger partial charge in [-0.05, 0) is 51.2 Å². The van der Waals surface area contributed by atoms with Gasteiger partial charge in [0.15, 0.2) is 0 Å². The van der Waals surface area contributed by atoms with Crippen molar-refractivity contribution >= 4 is 17.7 Å². The van der Waals surface area contributed by atoms with Crippen LogP contribution in [0.4, 0.5) is 10.5 Å². The van der Waals surface area contributed by atoms with Crippen LogP contribution in [0.15, 0.2) is 37.0 Å². The van der Waals surface area contributed by atoms with Crippen LogP contribution in [0.25, 0.3) is 0 Å². The van der Waals surface area contributed by atoms with Gasteiger partial charge in [0.2, 0.25) is 0 Å². The predicted octanol–water partition coefficient (Wildman–Crippen LogP) is 4.11. The van der Waals surface area contributed by atoms with E-state index in [1.807, 2.05) is 20.9 Å². The predicted molar refractivity (Wildman–Crippen MR) is 93.9 cm³/mol. The molecule has 0 aliphatic carbocycles. The summed E-state index contributed by atoms with van der Waals surface area (Å²) in [6.07, 6.45) is 1.06. The molecule has 0 fully saturated rings. The summed E-state index contributed by atoms with van der Waals surface area (Å²) in [5, 5.41) is 13.9. The number of carbonyl (C=O) groups excluding carboxylic acids is 1. The van der Waals surface area contributed by atoms with Crippen molar-refractivity contribution in [2.75, 3.05) is 12.4 Å². The normalized spacial score (nSPS) is 9.13. The highest BCUT2D eigenvalue weighted by atomic mass is 16.6. The second-order valence-electron chi connectivity index (χ2n) is 5.00. The minimum Gasteiger partial charge on any atom is -0.478 e. The number of carboxylic acid groups (broad SMARTS) is 1. The fraction of sp³-hybridized carbons (Fsp3) is 0.412. The molecule has 130 valence electrons. The van der Waals surface area contributed by atoms with Gasteiger partial charge in [0.1, 0.15) is 5.60 Å². The molecule has 0 unspecified atom stereocenters. The summed E-state index contributed by atoms with van der Waals surface area (Å²) in [6.45, 7) is 12.7. The van der Waals surface area contributed by atoms with Gasteiger partial charge >= 0.3 is 12.1 Å². The maximum Gasteiger partial charge on any atom is 0.412 e. The summed E-state index contributed by atoms with van der Waals surface area (Å²) in [5.41, 5.74) is 0.0921. The molecular formula is C17H28N2O4. The molecular weight excluding hydrogens is 296 g/mol. The van der Waals surface area contributed by atoms with Crippen molar-refractivity contribution in [3.8, 4) is 0 Å². The molecule has 23 heavy (non-hydrogen) atoms. The molecule has 0 heterocycles. The second kappa shape index (κ2) is 12.1. The van der Waals surface area contributed by atoms with E-state index in [-0.39, 0.29) is 5.56 Å². The van der Waals surface area contributed by atoms with Gasteiger partial charge in [0, 0.05) is 12.7 Å². The fourth-order valence-corrected chi connectivity index (χ4v) is 1.12. The van der Waals surface area contributed by atoms with E-state index in [1.165, 1.54) is 24.3 Å². The Labute approximate surface area is 138 Å². The molecule has 1 aromatic carbocycles. The zero-order valence-corrected chi connectivity index (χ0v) is 14.8. The van der Waals surface area contributed by atoms with Crippen molar-refractivity contribution < 1.29 is 19.4 Å². The van der Waals surface area contributed by atoms with E-state index < -0.39 is 17.7 Å². The molecule has 1 rings (SSSR count). The van der Waals surface area contributed by atoms with Gasteiger partial charge in [0.05, 0.1) is 5.56 Å². The molecule has 0 aliphatic rings. The van der Waals surface area contributed by atoms with Crippen LogP contribution in [0.2, 0.25) is 0 Å². The molecule has 6 nitrogen and oxygen atoms in total. The third-order valence-corrected chi connectivity index (χ3v) is 1.98. The molecule has 1 amide bonds. The Bertz CT molecular complexity index is 476. The Morgan fingerprint density at radius 3 is 1.91 bits per heavy atom. The van der Waals surface area contributed by atoms with Crippen LogP contribution in [0, 0.1) is 0 Å². The highest BCUT2D eigenvalue weighted by Gasteiger charge is 2.16. The summed E-state index contributed by atoms with van der Waals surface area (Å²) in [4.78, 5) is 22.0. The van der Waals surface area contributed by atoms with Gasteiger partial charge < -0.3 is 15.2 Å². The summed E-state index contributed by atoms with van der Waals surface area (Å²) < 4.78 is 5.05. The molecule has 0 saturated heterocycles. The van der Waals surface area contributed by atoms with Crippen molar-refractivity contribution in [2.45, 2.75) is 40.2 Å². The molecule has 0 atom stereocenters. The first kappa shape index (κ1) is 22.8. The van der Waals surface area contributed by atoms with Crippen LogP contribution in [-0.2, 0) is 4.74 Å². The van der Waals surface area contributed by atoms with E-state index in [9.17, 15) is 9.59 Å². The van der Waals surface area contributed by atoms with E-state index in [0.717, 1.165) is 0 Å². The number of aromatic carboxylic acids is 1. The van der Waals surface area contributed by atoms with Crippen molar-refractivity contribution in [2.24, 2.45) is 0 Å². The topological polar surface area (TPSA) is 87.7 Å². The van der Waals surface area contributed by atoms with E-state index in [1.54, 1.807) is 27.0 Å². The Balaban J connectivity index is 0. The number of ether oxygens (including phenoxy) is 1. The Morgan fingerprint density at radius 1 is 1.17 bits per heavy atom. The molecule has 1 aromatic rings. The van der Waals surface area contributed by atoms with Crippen molar-refractivity contribution in [3.05, 3.63) is 42.6 Å². The number of anilines is 1. The molecule has 0 saturated carbocycles. The van der Waals surface area contributed by atoms with Crippen LogP contribution < -0.4 is 10.6 Å². The summed E-state index contributed by atoms with van der Waals surface area (Å²) in [5.74, 6) is -1.01. The van der Waals surface area contributed by atoms with Gasteiger partial charge in [-0.15, -0.1) is 0 Å². The quantitative estimate of drug-likeness (QED) is 0.779. The molecule has 3 N–H and O–H groups in total. The first-order valence-electron chi connectivity index (χ1n) is 7.31. The Hall–Kier alpha value is -2.50. The third kappa shape index (κ3) is 12.9. The van der Waals surface area contributed by atoms with Crippen LogP contribution in [-0.4, -0.2) is 29.8 Å². The smallest absolute Gasteiger partial charge is 0.412 e. The minimum atomic E-state index is -1.01. The lowest BCUT2D eigenvalue weighted by atomic mass is 10.2. The molecule has 0 aromatic heterocycles. The van der Waals surface area contributed by atoms with E-state index in [2.05, 4.69) is 17.2 Å². The van der Waals surface area contributed by atoms with Crippen LogP contribution in [0.5, 0.6) is 0 Å². The highest BCUT2D eigenvalue weighted by molar-refractivity contribution is 5.89. The van der Waals surface area contributed by atoms with Crippen molar-refractivity contribution in [1.29, 1.82) is 0 Å². The number of amides is 1. The number of hydrogen-bond acceptors (Lipinski definition) is 4. The monoisotopic (exact) mass is 324 g/mol. The SMILES string of the molecule is C=CNC.CC.CC(C)(C)OC(=O)Nc1ccc(C(=O)O)cc1. The molecule has 0 bridgehead atoms. The van der Waals surface area contributed by atoms with Gasteiger partial charge in [-0.2, -0.15) is 0 Å². The number of nitrogens with one attached hydrogen (secondary N) is 2. The third-order valence-electron chi connectivity index (χ3n) is 1.98. The van der Waals surface area contributed by atoms with Gasteiger partial charge in [-0.3, -0.25) is 5.32 Å². The number of carbonyl (C=O) groups is 2. The van der Waals surface area contributed by atoms with E-state index in [4.69, 9.17) is 9.84 Å². The largest absolute Gasteiger partial charge is 0.478 e. The lowest BCUT2D eigenvalue weighted by Crippen LogP contribution is -2.27. The summed E-state index contributed by atoms with van der Waals surface area (Å²) >= 11 is 0. The number of rotatable bonds is 3. The maximum absolute atomic E-state index is 11.4. The standard InChI is InChI=1S/C12H15NO4.C3H7N.C2H6/c1-12(2,3)17-11(16)13-9-6-4-8(5-7-9)10(14)15;1-3-4-2;1-2/h4-7H,1-3H3,(H,13,16)(H,14,15);3-4H,1H2,2H3;1-2H3. The van der Waals surface area contributed by atoms with Crippen LogP contribution in [0.3, 0.4) is 0 Å². The van der Waals surface area contributed by atoms with Gasteiger partial charge in [-0.25, -0.2) is 9.59 Å². The van der Waals surface area contributed by atoms with Crippen LogP contribution >= 0.6 is 0 Å². The van der Waals surface area contributed by atoms with Crippen molar-refractivity contribution in [3.63, 3.8) is 0 Å². The average Bonchev–Trinajstić information content (AvgIpc) is 2.48. The van der Waals surface area contributed by atoms with E-state index >= 15 is 0 Å². The lowest BCUT2D eigenvalue weighted by molar-refractivity contribution is 0.0634. The zero-order valence-electron chi connectivity index (χ0n) is 14.8. The molecule has 0 spiro atoms. The fourth-order valence-electron chi connectivity index (χ4n) is 1.12. The summed E-state index contributed by atoms with van der Waals surface area (Å²) in [6, 6.07) is 5.84. The number of hydrogen-bond donors (Lipinski definition) is 3. The number of benzene rings is 1. The van der Waals surface area contributed by atoms with E-state index in [0.29, 0.717) is 5.69 Å². The first-order valence-corrected chi connectivity index (χ1v) is 7.31. The zero-order chi connectivity index (χ0) is 18.5. The Morgan fingerprint density at radius 2 is 1.61 bits per heavy atom. The highest BCUT2D eigenvalue weighted by Crippen LogP contribution is 2.12. The van der Waals surface area contributed by atoms with Gasteiger partial charge in [0.25, 0.3) is 0 Å². The minimum absolute atomic E-state index is 0.166. The average molecular weight is 324 g/mol. The molecule has 6 heteroatoms.